The molecule has 0 atom stereocenters. The highest BCUT2D eigenvalue weighted by Gasteiger charge is 2.02. The van der Waals surface area contributed by atoms with Crippen LogP contribution >= 0.6 is 0 Å². The Balaban J connectivity index is 4.73. The summed E-state index contributed by atoms with van der Waals surface area (Å²) < 4.78 is 0. The van der Waals surface area contributed by atoms with E-state index in [0.29, 0.717) is 6.26 Å². The third kappa shape index (κ3) is 3.05. The SMILES string of the molecule is [B]/C(C)=C(O)/C(O)=C\C(O)=C\O. The Hall–Kier alpha value is -1.52. The van der Waals surface area contributed by atoms with Crippen LogP contribution in [0.3, 0.4) is 0 Å². The zero-order chi connectivity index (χ0) is 9.72. The molecule has 5 heteroatoms. The van der Waals surface area contributed by atoms with Gasteiger partial charge in [-0.05, 0) is 6.92 Å². The molecule has 0 unspecified atom stereocenters. The number of allylic oxidation sites excluding steroid dienone is 2. The number of aliphatic hydroxyl groups excluding tert-OH is 4. The molecular weight excluding hydrogens is 159 g/mol. The molecule has 0 spiro atoms. The van der Waals surface area contributed by atoms with Crippen LogP contribution in [0.2, 0.25) is 0 Å². The average Bonchev–Trinajstić information content (AvgIpc) is 2.02. The fraction of sp³-hybridized carbons (Fsp3) is 0.143. The second-order valence-electron chi connectivity index (χ2n) is 2.12. The molecule has 0 aliphatic carbocycles. The van der Waals surface area contributed by atoms with Crippen molar-refractivity contribution < 1.29 is 20.4 Å². The van der Waals surface area contributed by atoms with Crippen LogP contribution in [0.5, 0.6) is 0 Å². The van der Waals surface area contributed by atoms with Crippen molar-refractivity contribution in [1.82, 2.24) is 0 Å². The van der Waals surface area contributed by atoms with E-state index in [2.05, 4.69) is 0 Å². The average molecular weight is 168 g/mol. The van der Waals surface area contributed by atoms with E-state index >= 15 is 0 Å². The summed E-state index contributed by atoms with van der Waals surface area (Å²) in [6.07, 6.45) is 1.13. The highest BCUT2D eigenvalue weighted by atomic mass is 16.3. The van der Waals surface area contributed by atoms with Crippen molar-refractivity contribution in [1.29, 1.82) is 0 Å². The highest BCUT2D eigenvalue weighted by Crippen LogP contribution is 2.08. The molecule has 64 valence electrons. The van der Waals surface area contributed by atoms with Gasteiger partial charge in [0.25, 0.3) is 0 Å². The molecule has 0 saturated heterocycles. The monoisotopic (exact) mass is 168 g/mol. The molecule has 0 rings (SSSR count). The van der Waals surface area contributed by atoms with Crippen LogP contribution in [0.25, 0.3) is 0 Å². The lowest BCUT2D eigenvalue weighted by atomic mass is 9.96. The van der Waals surface area contributed by atoms with Crippen molar-refractivity contribution in [2.45, 2.75) is 6.92 Å². The molecule has 12 heavy (non-hydrogen) atoms. The summed E-state index contributed by atoms with van der Waals surface area (Å²) in [5.41, 5.74) is 0.00879. The molecule has 0 aliphatic heterocycles. The smallest absolute Gasteiger partial charge is 0.160 e. The summed E-state index contributed by atoms with van der Waals surface area (Å²) in [7, 11) is 5.12. The molecule has 0 aromatic heterocycles. The van der Waals surface area contributed by atoms with Crippen molar-refractivity contribution >= 4 is 7.85 Å². The molecule has 0 aromatic rings. The molecule has 0 amide bonds. The Bertz CT molecular complexity index is 248. The van der Waals surface area contributed by atoms with Gasteiger partial charge < -0.3 is 20.4 Å². The Morgan fingerprint density at radius 2 is 1.75 bits per heavy atom. The highest BCUT2D eigenvalue weighted by molar-refractivity contribution is 6.21. The summed E-state index contributed by atoms with van der Waals surface area (Å²) in [5, 5.41) is 34.8. The van der Waals surface area contributed by atoms with E-state index in [1.54, 1.807) is 0 Å². The molecule has 4 N–H and O–H groups in total. The van der Waals surface area contributed by atoms with Crippen molar-refractivity contribution in [3.63, 3.8) is 0 Å². The zero-order valence-electron chi connectivity index (χ0n) is 6.52. The first kappa shape index (κ1) is 10.5. The van der Waals surface area contributed by atoms with E-state index in [4.69, 9.17) is 28.3 Å². The molecular formula is C7H9BO4. The quantitative estimate of drug-likeness (QED) is 0.285. The molecule has 0 aromatic carbocycles. The summed E-state index contributed by atoms with van der Waals surface area (Å²) in [6.45, 7) is 1.37. The first-order chi connectivity index (χ1) is 5.49. The van der Waals surface area contributed by atoms with Gasteiger partial charge in [-0.2, -0.15) is 0 Å². The molecule has 0 aliphatic rings. The van der Waals surface area contributed by atoms with E-state index in [0.717, 1.165) is 6.08 Å². The van der Waals surface area contributed by atoms with Gasteiger partial charge in [0.2, 0.25) is 0 Å². The standard InChI is InChI=1S/C7H9BO4/c1-4(8)7(12)6(11)2-5(10)3-9/h2-3,9-12H,1H3/b5-3-,6-2+,7-4-. The van der Waals surface area contributed by atoms with E-state index < -0.39 is 17.3 Å². The lowest BCUT2D eigenvalue weighted by Gasteiger charge is -2.00. The van der Waals surface area contributed by atoms with E-state index in [1.165, 1.54) is 6.92 Å². The predicted molar refractivity (Wildman–Crippen MR) is 45.1 cm³/mol. The van der Waals surface area contributed by atoms with Gasteiger partial charge >= 0.3 is 0 Å². The summed E-state index contributed by atoms with van der Waals surface area (Å²) in [6, 6.07) is 0. The third-order valence-corrected chi connectivity index (χ3v) is 1.03. The molecule has 4 nitrogen and oxygen atoms in total. The number of hydrogen-bond acceptors (Lipinski definition) is 4. The summed E-state index contributed by atoms with van der Waals surface area (Å²) in [4.78, 5) is 0. The second-order valence-corrected chi connectivity index (χ2v) is 2.12. The maximum Gasteiger partial charge on any atom is 0.160 e. The van der Waals surface area contributed by atoms with Crippen LogP contribution in [0.4, 0.5) is 0 Å². The van der Waals surface area contributed by atoms with Gasteiger partial charge in [-0.25, -0.2) is 0 Å². The van der Waals surface area contributed by atoms with E-state index in [-0.39, 0.29) is 5.47 Å². The van der Waals surface area contributed by atoms with Crippen molar-refractivity contribution in [2.75, 3.05) is 0 Å². The number of rotatable bonds is 2. The molecule has 0 fully saturated rings. The largest absolute Gasteiger partial charge is 0.512 e. The van der Waals surface area contributed by atoms with Crippen molar-refractivity contribution in [3.8, 4) is 0 Å². The Labute approximate surface area is 71.2 Å². The van der Waals surface area contributed by atoms with Gasteiger partial charge in [0.1, 0.15) is 19.9 Å². The summed E-state index contributed by atoms with van der Waals surface area (Å²) in [5.74, 6) is -1.73. The minimum absolute atomic E-state index is 0.00879. The Kier molecular flexibility index (Phi) is 3.83. The van der Waals surface area contributed by atoms with Gasteiger partial charge in [-0.3, -0.25) is 0 Å². The fourth-order valence-electron chi connectivity index (χ4n) is 0.448. The summed E-state index contributed by atoms with van der Waals surface area (Å²) >= 11 is 0. The maximum absolute atomic E-state index is 8.96. The Morgan fingerprint density at radius 3 is 2.08 bits per heavy atom. The van der Waals surface area contributed by atoms with Crippen LogP contribution in [0.1, 0.15) is 6.92 Å². The third-order valence-electron chi connectivity index (χ3n) is 1.03. The van der Waals surface area contributed by atoms with Gasteiger partial charge in [0.05, 0.1) is 0 Å². The zero-order valence-corrected chi connectivity index (χ0v) is 6.52. The van der Waals surface area contributed by atoms with Crippen molar-refractivity contribution in [2.24, 2.45) is 0 Å². The molecule has 0 bridgehead atoms. The van der Waals surface area contributed by atoms with Crippen LogP contribution in [0.15, 0.2) is 35.1 Å². The lowest BCUT2D eigenvalue weighted by Crippen LogP contribution is -1.93. The molecule has 0 heterocycles. The van der Waals surface area contributed by atoms with Gasteiger partial charge in [0.15, 0.2) is 11.5 Å². The predicted octanol–water partition coefficient (Wildman–Crippen LogP) is 1.34. The first-order valence-corrected chi connectivity index (χ1v) is 3.08. The minimum Gasteiger partial charge on any atom is -0.512 e. The topological polar surface area (TPSA) is 80.9 Å². The molecule has 2 radical (unpaired) electrons. The van der Waals surface area contributed by atoms with Gasteiger partial charge in [-0.15, -0.1) is 0 Å². The number of aliphatic hydroxyl groups is 4. The van der Waals surface area contributed by atoms with Crippen LogP contribution in [0, 0.1) is 0 Å². The molecule has 0 saturated carbocycles. The first-order valence-electron chi connectivity index (χ1n) is 3.08. The van der Waals surface area contributed by atoms with E-state index in [9.17, 15) is 0 Å². The van der Waals surface area contributed by atoms with Crippen molar-refractivity contribution in [3.05, 3.63) is 35.1 Å². The van der Waals surface area contributed by atoms with Crippen LogP contribution < -0.4 is 0 Å². The minimum atomic E-state index is -0.613. The lowest BCUT2D eigenvalue weighted by molar-refractivity contribution is 0.317. The number of hydrogen-bond donors (Lipinski definition) is 4. The van der Waals surface area contributed by atoms with Gasteiger partial charge in [-0.1, -0.05) is 5.47 Å². The maximum atomic E-state index is 8.96. The van der Waals surface area contributed by atoms with Crippen LogP contribution in [-0.4, -0.2) is 28.3 Å². The second kappa shape index (κ2) is 4.38. The van der Waals surface area contributed by atoms with Gasteiger partial charge in [0, 0.05) is 6.08 Å². The Morgan fingerprint density at radius 1 is 1.25 bits per heavy atom. The van der Waals surface area contributed by atoms with E-state index in [1.807, 2.05) is 0 Å². The fourth-order valence-corrected chi connectivity index (χ4v) is 0.448. The van der Waals surface area contributed by atoms with Crippen LogP contribution in [-0.2, 0) is 0 Å². The normalized spacial score (nSPS) is 15.8.